The van der Waals surface area contributed by atoms with E-state index in [9.17, 15) is 0 Å². The summed E-state index contributed by atoms with van der Waals surface area (Å²) in [5, 5.41) is 4.35. The first-order valence-corrected chi connectivity index (χ1v) is 6.01. The van der Waals surface area contributed by atoms with Crippen molar-refractivity contribution in [1.29, 1.82) is 0 Å². The van der Waals surface area contributed by atoms with Crippen LogP contribution in [0.2, 0.25) is 0 Å². The Bertz CT molecular complexity index is 706. The molecular formula is C14H14N4O. The highest BCUT2D eigenvalue weighted by atomic mass is 16.5. The molecule has 19 heavy (non-hydrogen) atoms. The van der Waals surface area contributed by atoms with Gasteiger partial charge >= 0.3 is 0 Å². The van der Waals surface area contributed by atoms with E-state index >= 15 is 0 Å². The summed E-state index contributed by atoms with van der Waals surface area (Å²) >= 11 is 0. The maximum atomic E-state index is 5.91. The number of fused-ring (bicyclic) bond motifs is 1. The van der Waals surface area contributed by atoms with E-state index in [1.165, 1.54) is 0 Å². The zero-order valence-electron chi connectivity index (χ0n) is 10.6. The van der Waals surface area contributed by atoms with Crippen LogP contribution in [0.1, 0.15) is 11.4 Å². The lowest BCUT2D eigenvalue weighted by atomic mass is 10.3. The fourth-order valence-corrected chi connectivity index (χ4v) is 1.92. The molecule has 0 unspecified atom stereocenters. The van der Waals surface area contributed by atoms with Crippen LogP contribution in [0.3, 0.4) is 0 Å². The monoisotopic (exact) mass is 254 g/mol. The molecule has 0 saturated heterocycles. The molecule has 0 radical (unpaired) electrons. The van der Waals surface area contributed by atoms with Gasteiger partial charge in [0.1, 0.15) is 12.4 Å². The molecule has 3 rings (SSSR count). The molecule has 2 aromatic heterocycles. The third-order valence-electron chi connectivity index (χ3n) is 2.75. The lowest BCUT2D eigenvalue weighted by Crippen LogP contribution is -1.98. The van der Waals surface area contributed by atoms with E-state index in [4.69, 9.17) is 10.5 Å². The SMILES string of the molecule is Cc1cc(N)c2nc(COc3ccccc3)nn2c1. The summed E-state index contributed by atoms with van der Waals surface area (Å²) in [6, 6.07) is 11.5. The highest BCUT2D eigenvalue weighted by Gasteiger charge is 2.07. The average Bonchev–Trinajstić information content (AvgIpc) is 2.81. The maximum Gasteiger partial charge on any atom is 0.189 e. The van der Waals surface area contributed by atoms with Crippen LogP contribution in [0.25, 0.3) is 5.65 Å². The summed E-state index contributed by atoms with van der Waals surface area (Å²) in [6.45, 7) is 2.29. The van der Waals surface area contributed by atoms with Crippen molar-refractivity contribution in [3.63, 3.8) is 0 Å². The number of ether oxygens (including phenoxy) is 1. The Morgan fingerprint density at radius 1 is 1.26 bits per heavy atom. The van der Waals surface area contributed by atoms with Crippen LogP contribution in [0.15, 0.2) is 42.6 Å². The summed E-state index contributed by atoms with van der Waals surface area (Å²) in [6.07, 6.45) is 1.89. The van der Waals surface area contributed by atoms with Gasteiger partial charge in [-0.2, -0.15) is 0 Å². The molecule has 0 atom stereocenters. The summed E-state index contributed by atoms with van der Waals surface area (Å²) in [7, 11) is 0. The van der Waals surface area contributed by atoms with Gasteiger partial charge in [0.15, 0.2) is 11.5 Å². The largest absolute Gasteiger partial charge is 0.486 e. The second-order valence-corrected chi connectivity index (χ2v) is 4.37. The first kappa shape index (κ1) is 11.5. The van der Waals surface area contributed by atoms with Gasteiger partial charge in [0.25, 0.3) is 0 Å². The minimum absolute atomic E-state index is 0.324. The lowest BCUT2D eigenvalue weighted by Gasteiger charge is -2.01. The predicted molar refractivity (Wildman–Crippen MR) is 72.9 cm³/mol. The van der Waals surface area contributed by atoms with Gasteiger partial charge in [0.2, 0.25) is 0 Å². The molecule has 0 amide bonds. The average molecular weight is 254 g/mol. The number of rotatable bonds is 3. The van der Waals surface area contributed by atoms with Gasteiger partial charge in [0, 0.05) is 6.20 Å². The highest BCUT2D eigenvalue weighted by Crippen LogP contribution is 2.15. The Balaban J connectivity index is 1.84. The first-order valence-electron chi connectivity index (χ1n) is 6.01. The van der Waals surface area contributed by atoms with Crippen molar-refractivity contribution in [3.8, 4) is 5.75 Å². The number of anilines is 1. The topological polar surface area (TPSA) is 65.4 Å². The van der Waals surface area contributed by atoms with E-state index in [0.717, 1.165) is 11.3 Å². The van der Waals surface area contributed by atoms with Gasteiger partial charge < -0.3 is 10.5 Å². The van der Waals surface area contributed by atoms with Crippen molar-refractivity contribution in [2.45, 2.75) is 13.5 Å². The van der Waals surface area contributed by atoms with E-state index in [1.54, 1.807) is 4.52 Å². The number of hydrogen-bond acceptors (Lipinski definition) is 4. The van der Waals surface area contributed by atoms with Crippen molar-refractivity contribution < 1.29 is 4.74 Å². The number of nitrogens with two attached hydrogens (primary N) is 1. The van der Waals surface area contributed by atoms with E-state index in [0.29, 0.717) is 23.8 Å². The Morgan fingerprint density at radius 3 is 2.84 bits per heavy atom. The maximum absolute atomic E-state index is 5.91. The molecule has 3 aromatic rings. The molecule has 2 N–H and O–H groups in total. The summed E-state index contributed by atoms with van der Waals surface area (Å²) < 4.78 is 7.30. The van der Waals surface area contributed by atoms with Crippen molar-refractivity contribution in [2.75, 3.05) is 5.73 Å². The van der Waals surface area contributed by atoms with Crippen LogP contribution in [0, 0.1) is 6.92 Å². The smallest absolute Gasteiger partial charge is 0.189 e. The Morgan fingerprint density at radius 2 is 2.05 bits per heavy atom. The van der Waals surface area contributed by atoms with Gasteiger partial charge in [0.05, 0.1) is 5.69 Å². The molecule has 0 saturated carbocycles. The number of para-hydroxylation sites is 1. The zero-order valence-corrected chi connectivity index (χ0v) is 10.6. The summed E-state index contributed by atoms with van der Waals surface area (Å²) in [5.74, 6) is 1.41. The van der Waals surface area contributed by atoms with Crippen LogP contribution in [-0.4, -0.2) is 14.6 Å². The second-order valence-electron chi connectivity index (χ2n) is 4.37. The molecular weight excluding hydrogens is 240 g/mol. The minimum atomic E-state index is 0.324. The van der Waals surface area contributed by atoms with Crippen LogP contribution in [0.5, 0.6) is 5.75 Å². The molecule has 0 aliphatic carbocycles. The fourth-order valence-electron chi connectivity index (χ4n) is 1.92. The first-order chi connectivity index (χ1) is 9.22. The number of pyridine rings is 1. The van der Waals surface area contributed by atoms with E-state index in [1.807, 2.05) is 49.5 Å². The Hall–Kier alpha value is -2.56. The molecule has 2 heterocycles. The number of hydrogen-bond donors (Lipinski definition) is 1. The normalized spacial score (nSPS) is 10.8. The number of aromatic nitrogens is 3. The molecule has 96 valence electrons. The lowest BCUT2D eigenvalue weighted by molar-refractivity contribution is 0.296. The molecule has 0 fully saturated rings. The third-order valence-corrected chi connectivity index (χ3v) is 2.75. The van der Waals surface area contributed by atoms with Gasteiger partial charge in [-0.25, -0.2) is 9.50 Å². The van der Waals surface area contributed by atoms with Crippen LogP contribution < -0.4 is 10.5 Å². The molecule has 0 bridgehead atoms. The van der Waals surface area contributed by atoms with Crippen molar-refractivity contribution in [3.05, 3.63) is 54.0 Å². The van der Waals surface area contributed by atoms with Crippen molar-refractivity contribution >= 4 is 11.3 Å². The van der Waals surface area contributed by atoms with Crippen molar-refractivity contribution in [1.82, 2.24) is 14.6 Å². The zero-order chi connectivity index (χ0) is 13.2. The fraction of sp³-hybridized carbons (Fsp3) is 0.143. The highest BCUT2D eigenvalue weighted by molar-refractivity contribution is 5.64. The summed E-state index contributed by atoms with van der Waals surface area (Å²) in [4.78, 5) is 4.37. The van der Waals surface area contributed by atoms with Crippen molar-refractivity contribution in [2.24, 2.45) is 0 Å². The van der Waals surface area contributed by atoms with Crippen LogP contribution >= 0.6 is 0 Å². The standard InChI is InChI=1S/C14H14N4O/c1-10-7-12(15)14-16-13(17-18(14)8-10)9-19-11-5-3-2-4-6-11/h2-8H,9,15H2,1H3. The Kier molecular flexibility index (Phi) is 2.79. The Labute approximate surface area is 110 Å². The van der Waals surface area contributed by atoms with E-state index in [2.05, 4.69) is 10.1 Å². The number of aryl methyl sites for hydroxylation is 1. The molecule has 0 aliphatic rings. The van der Waals surface area contributed by atoms with Crippen LogP contribution in [-0.2, 0) is 6.61 Å². The van der Waals surface area contributed by atoms with Crippen LogP contribution in [0.4, 0.5) is 5.69 Å². The minimum Gasteiger partial charge on any atom is -0.486 e. The molecule has 0 aliphatic heterocycles. The molecule has 5 nitrogen and oxygen atoms in total. The molecule has 1 aromatic carbocycles. The van der Waals surface area contributed by atoms with E-state index in [-0.39, 0.29) is 0 Å². The predicted octanol–water partition coefficient (Wildman–Crippen LogP) is 2.20. The molecule has 0 spiro atoms. The number of nitrogens with zero attached hydrogens (tertiary/aromatic N) is 3. The number of nitrogen functional groups attached to an aromatic ring is 1. The van der Waals surface area contributed by atoms with Gasteiger partial charge in [-0.1, -0.05) is 18.2 Å². The summed E-state index contributed by atoms with van der Waals surface area (Å²) in [5.41, 5.74) is 8.25. The molecule has 5 heteroatoms. The second kappa shape index (κ2) is 4.61. The van der Waals surface area contributed by atoms with Gasteiger partial charge in [-0.15, -0.1) is 5.10 Å². The quantitative estimate of drug-likeness (QED) is 0.778. The van der Waals surface area contributed by atoms with E-state index < -0.39 is 0 Å². The third kappa shape index (κ3) is 2.35. The van der Waals surface area contributed by atoms with Gasteiger partial charge in [-0.05, 0) is 30.7 Å². The number of benzene rings is 1. The van der Waals surface area contributed by atoms with Gasteiger partial charge in [-0.3, -0.25) is 0 Å².